The van der Waals surface area contributed by atoms with E-state index in [9.17, 15) is 14.7 Å². The Morgan fingerprint density at radius 3 is 2.63 bits per heavy atom. The van der Waals surface area contributed by atoms with E-state index < -0.39 is 5.97 Å². The van der Waals surface area contributed by atoms with Gasteiger partial charge in [0.05, 0.1) is 7.11 Å². The van der Waals surface area contributed by atoms with E-state index in [1.54, 1.807) is 12.1 Å². The van der Waals surface area contributed by atoms with Gasteiger partial charge in [0.1, 0.15) is 0 Å². The molecule has 6 nitrogen and oxygen atoms in total. The van der Waals surface area contributed by atoms with Crippen LogP contribution < -0.4 is 10.1 Å². The first-order chi connectivity index (χ1) is 13.0. The van der Waals surface area contributed by atoms with Crippen molar-refractivity contribution in [2.45, 2.75) is 12.8 Å². The summed E-state index contributed by atoms with van der Waals surface area (Å²) in [6.45, 7) is 2.13. The maximum absolute atomic E-state index is 11.8. The number of amides is 1. The van der Waals surface area contributed by atoms with Crippen LogP contribution in [0.15, 0.2) is 54.6 Å². The predicted octanol–water partition coefficient (Wildman–Crippen LogP) is 2.88. The number of esters is 1. The number of hydrogen-bond donors (Lipinski definition) is 2. The highest BCUT2D eigenvalue weighted by Gasteiger charge is 2.09. The van der Waals surface area contributed by atoms with E-state index in [2.05, 4.69) is 5.32 Å². The molecule has 2 N–H and O–H groups in total. The van der Waals surface area contributed by atoms with Crippen LogP contribution in [0.1, 0.15) is 24.0 Å². The Bertz CT molecular complexity index is 801. The van der Waals surface area contributed by atoms with Crippen molar-refractivity contribution in [1.29, 1.82) is 0 Å². The number of ether oxygens (including phenoxy) is 2. The molecule has 2 rings (SSSR count). The standard InChI is InChI=1S/C21H23NO5/c1-15(17-6-4-3-5-7-17)13-22-20(24)14-27-21(25)11-9-16-8-10-18(23)19(12-16)26-2/h3-12,15,23H,13-14H2,1-2H3,(H,22,24)/b11-9+/t15-/m1/s1. The molecule has 2 aromatic carbocycles. The SMILES string of the molecule is COc1cc(/C=C/C(=O)OCC(=O)NC[C@@H](C)c2ccccc2)ccc1O. The number of aromatic hydroxyl groups is 1. The summed E-state index contributed by atoms with van der Waals surface area (Å²) in [5.41, 5.74) is 1.78. The molecule has 142 valence electrons. The van der Waals surface area contributed by atoms with E-state index >= 15 is 0 Å². The van der Waals surface area contributed by atoms with Gasteiger partial charge in [0, 0.05) is 12.6 Å². The summed E-state index contributed by atoms with van der Waals surface area (Å²) in [6.07, 6.45) is 2.73. The van der Waals surface area contributed by atoms with Crippen molar-refractivity contribution in [2.75, 3.05) is 20.3 Å². The first kappa shape index (κ1) is 20.0. The molecule has 0 aromatic heterocycles. The lowest BCUT2D eigenvalue weighted by atomic mass is 10.0. The Morgan fingerprint density at radius 1 is 1.19 bits per heavy atom. The van der Waals surface area contributed by atoms with Crippen LogP contribution in [0.4, 0.5) is 0 Å². The summed E-state index contributed by atoms with van der Waals surface area (Å²) in [7, 11) is 1.44. The third-order valence-corrected chi connectivity index (χ3v) is 3.94. The summed E-state index contributed by atoms with van der Waals surface area (Å²) < 4.78 is 9.92. The van der Waals surface area contributed by atoms with Crippen LogP contribution in [0.5, 0.6) is 11.5 Å². The highest BCUT2D eigenvalue weighted by molar-refractivity contribution is 5.89. The van der Waals surface area contributed by atoms with Gasteiger partial charge in [-0.05, 0) is 35.3 Å². The highest BCUT2D eigenvalue weighted by atomic mass is 16.5. The second-order valence-corrected chi connectivity index (χ2v) is 5.99. The second kappa shape index (κ2) is 10.0. The normalized spacial score (nSPS) is 11.8. The van der Waals surface area contributed by atoms with E-state index in [-0.39, 0.29) is 24.2 Å². The van der Waals surface area contributed by atoms with Gasteiger partial charge < -0.3 is 19.9 Å². The Labute approximate surface area is 158 Å². The van der Waals surface area contributed by atoms with Gasteiger partial charge >= 0.3 is 5.97 Å². The Kier molecular flexibility index (Phi) is 7.43. The van der Waals surface area contributed by atoms with Crippen molar-refractivity contribution in [2.24, 2.45) is 0 Å². The molecule has 27 heavy (non-hydrogen) atoms. The molecule has 6 heteroatoms. The molecule has 1 atom stereocenters. The number of benzene rings is 2. The number of methoxy groups -OCH3 is 1. The maximum atomic E-state index is 11.8. The Morgan fingerprint density at radius 2 is 1.93 bits per heavy atom. The lowest BCUT2D eigenvalue weighted by molar-refractivity contribution is -0.143. The number of carbonyl (C=O) groups is 2. The average molecular weight is 369 g/mol. The first-order valence-corrected chi connectivity index (χ1v) is 8.53. The number of hydrogen-bond acceptors (Lipinski definition) is 5. The van der Waals surface area contributed by atoms with Crippen LogP contribution in [0.2, 0.25) is 0 Å². The molecule has 0 saturated carbocycles. The maximum Gasteiger partial charge on any atom is 0.331 e. The summed E-state index contributed by atoms with van der Waals surface area (Å²) in [5, 5.41) is 12.3. The molecule has 0 spiro atoms. The number of rotatable bonds is 8. The molecule has 0 aliphatic heterocycles. The summed E-state index contributed by atoms with van der Waals surface area (Å²) in [6, 6.07) is 14.5. The Hall–Kier alpha value is -3.28. The lowest BCUT2D eigenvalue weighted by Gasteiger charge is -2.12. The van der Waals surface area contributed by atoms with Gasteiger partial charge in [-0.3, -0.25) is 4.79 Å². The number of carbonyl (C=O) groups excluding carboxylic acids is 2. The molecule has 0 bridgehead atoms. The van der Waals surface area contributed by atoms with E-state index in [0.717, 1.165) is 5.56 Å². The molecule has 2 aromatic rings. The molecule has 0 aliphatic rings. The van der Waals surface area contributed by atoms with Crippen LogP contribution in [0.3, 0.4) is 0 Å². The van der Waals surface area contributed by atoms with Crippen LogP contribution in [0.25, 0.3) is 6.08 Å². The molecular formula is C21H23NO5. The van der Waals surface area contributed by atoms with Gasteiger partial charge in [-0.2, -0.15) is 0 Å². The molecule has 1 amide bonds. The van der Waals surface area contributed by atoms with Gasteiger partial charge in [0.25, 0.3) is 5.91 Å². The second-order valence-electron chi connectivity index (χ2n) is 5.99. The largest absolute Gasteiger partial charge is 0.504 e. The van der Waals surface area contributed by atoms with Crippen molar-refractivity contribution in [3.05, 3.63) is 65.7 Å². The zero-order chi connectivity index (χ0) is 19.6. The van der Waals surface area contributed by atoms with Crippen molar-refractivity contribution in [3.8, 4) is 11.5 Å². The van der Waals surface area contributed by atoms with Crippen LogP contribution in [0, 0.1) is 0 Å². The van der Waals surface area contributed by atoms with Crippen molar-refractivity contribution in [3.63, 3.8) is 0 Å². The summed E-state index contributed by atoms with van der Waals surface area (Å²) in [4.78, 5) is 23.6. The van der Waals surface area contributed by atoms with E-state index in [1.165, 1.54) is 25.3 Å². The summed E-state index contributed by atoms with van der Waals surface area (Å²) in [5.74, 6) is -0.509. The molecular weight excluding hydrogens is 346 g/mol. The third kappa shape index (κ3) is 6.51. The summed E-state index contributed by atoms with van der Waals surface area (Å²) >= 11 is 0. The first-order valence-electron chi connectivity index (χ1n) is 8.53. The van der Waals surface area contributed by atoms with Gasteiger partial charge in [-0.1, -0.05) is 43.3 Å². The fourth-order valence-corrected chi connectivity index (χ4v) is 2.36. The minimum atomic E-state index is -0.631. The average Bonchev–Trinajstić information content (AvgIpc) is 2.70. The quantitative estimate of drug-likeness (QED) is 0.552. The highest BCUT2D eigenvalue weighted by Crippen LogP contribution is 2.26. The lowest BCUT2D eigenvalue weighted by Crippen LogP contribution is -2.31. The number of nitrogens with one attached hydrogen (secondary N) is 1. The fraction of sp³-hybridized carbons (Fsp3) is 0.238. The van der Waals surface area contributed by atoms with Gasteiger partial charge in [-0.25, -0.2) is 4.79 Å². The monoisotopic (exact) mass is 369 g/mol. The third-order valence-electron chi connectivity index (χ3n) is 3.94. The molecule has 0 unspecified atom stereocenters. The van der Waals surface area contributed by atoms with Crippen molar-refractivity contribution in [1.82, 2.24) is 5.32 Å². The minimum Gasteiger partial charge on any atom is -0.504 e. The van der Waals surface area contributed by atoms with Crippen molar-refractivity contribution < 1.29 is 24.2 Å². The minimum absolute atomic E-state index is 0.0126. The van der Waals surface area contributed by atoms with Crippen LogP contribution >= 0.6 is 0 Å². The Balaban J connectivity index is 1.75. The topological polar surface area (TPSA) is 84.9 Å². The van der Waals surface area contributed by atoms with Crippen LogP contribution in [-0.4, -0.2) is 37.2 Å². The number of phenols is 1. The van der Waals surface area contributed by atoms with E-state index in [4.69, 9.17) is 9.47 Å². The van der Waals surface area contributed by atoms with Gasteiger partial charge in [-0.15, -0.1) is 0 Å². The molecule has 0 heterocycles. The van der Waals surface area contributed by atoms with E-state index in [1.807, 2.05) is 37.3 Å². The fourth-order valence-electron chi connectivity index (χ4n) is 2.36. The number of phenolic OH excluding ortho intramolecular Hbond substituents is 1. The molecule has 0 fully saturated rings. The van der Waals surface area contributed by atoms with Gasteiger partial charge in [0.15, 0.2) is 18.1 Å². The zero-order valence-electron chi connectivity index (χ0n) is 15.3. The van der Waals surface area contributed by atoms with E-state index in [0.29, 0.717) is 17.9 Å². The van der Waals surface area contributed by atoms with Crippen LogP contribution in [-0.2, 0) is 14.3 Å². The molecule has 0 aliphatic carbocycles. The molecule has 0 saturated heterocycles. The van der Waals surface area contributed by atoms with Crippen molar-refractivity contribution >= 4 is 18.0 Å². The zero-order valence-corrected chi connectivity index (χ0v) is 15.3. The smallest absolute Gasteiger partial charge is 0.331 e. The predicted molar refractivity (Wildman–Crippen MR) is 103 cm³/mol. The van der Waals surface area contributed by atoms with Gasteiger partial charge in [0.2, 0.25) is 0 Å². The molecule has 0 radical (unpaired) electrons.